The molecule has 3 N–H and O–H groups in total. The molecule has 3 nitrogen and oxygen atoms in total. The highest BCUT2D eigenvalue weighted by atomic mass is 35.5. The summed E-state index contributed by atoms with van der Waals surface area (Å²) in [4.78, 5) is 10.6. The number of hydrogen-bond donors (Lipinski definition) is 2. The van der Waals surface area contributed by atoms with Gasteiger partial charge in [0.05, 0.1) is 0 Å². The van der Waals surface area contributed by atoms with E-state index in [2.05, 4.69) is 0 Å². The van der Waals surface area contributed by atoms with Crippen molar-refractivity contribution in [1.82, 2.24) is 0 Å². The van der Waals surface area contributed by atoms with E-state index < -0.39 is 12.0 Å². The molecule has 13 heavy (non-hydrogen) atoms. The Bertz CT molecular complexity index is 338. The SMILES string of the molecule is Cc1ccc(Cl)c([C@@H](N)C(=O)O)c1. The molecule has 0 bridgehead atoms. The summed E-state index contributed by atoms with van der Waals surface area (Å²) in [5.41, 5.74) is 6.82. The normalized spacial score (nSPS) is 12.5. The summed E-state index contributed by atoms with van der Waals surface area (Å²) in [7, 11) is 0. The zero-order valence-electron chi connectivity index (χ0n) is 7.12. The molecular weight excluding hydrogens is 190 g/mol. The highest BCUT2D eigenvalue weighted by Gasteiger charge is 2.16. The van der Waals surface area contributed by atoms with Crippen molar-refractivity contribution in [1.29, 1.82) is 0 Å². The molecular formula is C9H10ClNO2. The van der Waals surface area contributed by atoms with E-state index >= 15 is 0 Å². The number of aryl methyl sites for hydroxylation is 1. The standard InChI is InChI=1S/C9H10ClNO2/c1-5-2-3-7(10)6(4-5)8(11)9(12)13/h2-4,8H,11H2,1H3,(H,12,13)/t8-/m1/s1. The molecule has 0 saturated carbocycles. The van der Waals surface area contributed by atoms with Crippen LogP contribution in [0.15, 0.2) is 18.2 Å². The Morgan fingerprint density at radius 2 is 2.23 bits per heavy atom. The van der Waals surface area contributed by atoms with Gasteiger partial charge in [0.25, 0.3) is 0 Å². The van der Waals surface area contributed by atoms with Crippen molar-refractivity contribution >= 4 is 17.6 Å². The van der Waals surface area contributed by atoms with Crippen molar-refractivity contribution in [3.63, 3.8) is 0 Å². The van der Waals surface area contributed by atoms with Crippen LogP contribution in [0.2, 0.25) is 5.02 Å². The number of halogens is 1. The number of benzene rings is 1. The molecule has 0 aliphatic rings. The summed E-state index contributed by atoms with van der Waals surface area (Å²) in [6.45, 7) is 1.86. The van der Waals surface area contributed by atoms with Crippen LogP contribution >= 0.6 is 11.6 Å². The maximum atomic E-state index is 10.6. The third-order valence-corrected chi connectivity index (χ3v) is 2.10. The van der Waals surface area contributed by atoms with Crippen LogP contribution in [0.4, 0.5) is 0 Å². The average molecular weight is 200 g/mol. The van der Waals surface area contributed by atoms with Crippen LogP contribution in [0.1, 0.15) is 17.2 Å². The monoisotopic (exact) mass is 199 g/mol. The van der Waals surface area contributed by atoms with Gasteiger partial charge in [0.15, 0.2) is 0 Å². The van der Waals surface area contributed by atoms with Gasteiger partial charge in [-0.2, -0.15) is 0 Å². The fourth-order valence-electron chi connectivity index (χ4n) is 1.03. The van der Waals surface area contributed by atoms with Crippen LogP contribution in [0, 0.1) is 6.92 Å². The average Bonchev–Trinajstić information content (AvgIpc) is 2.08. The predicted octanol–water partition coefficient (Wildman–Crippen LogP) is 1.73. The van der Waals surface area contributed by atoms with Gasteiger partial charge in [-0.3, -0.25) is 4.79 Å². The zero-order chi connectivity index (χ0) is 10.0. The van der Waals surface area contributed by atoms with Crippen molar-refractivity contribution in [3.05, 3.63) is 34.3 Å². The third-order valence-electron chi connectivity index (χ3n) is 1.75. The van der Waals surface area contributed by atoms with E-state index in [0.29, 0.717) is 10.6 Å². The van der Waals surface area contributed by atoms with E-state index in [1.807, 2.05) is 6.92 Å². The van der Waals surface area contributed by atoms with E-state index in [9.17, 15) is 4.79 Å². The van der Waals surface area contributed by atoms with Gasteiger partial charge in [-0.25, -0.2) is 0 Å². The lowest BCUT2D eigenvalue weighted by Gasteiger charge is -2.09. The minimum Gasteiger partial charge on any atom is -0.480 e. The second-order valence-corrected chi connectivity index (χ2v) is 3.25. The topological polar surface area (TPSA) is 63.3 Å². The van der Waals surface area contributed by atoms with Gasteiger partial charge in [0.1, 0.15) is 6.04 Å². The van der Waals surface area contributed by atoms with E-state index in [1.54, 1.807) is 18.2 Å². The lowest BCUT2D eigenvalue weighted by molar-refractivity contribution is -0.138. The molecule has 1 atom stereocenters. The van der Waals surface area contributed by atoms with Gasteiger partial charge in [-0.05, 0) is 18.6 Å². The Balaban J connectivity index is 3.12. The maximum Gasteiger partial charge on any atom is 0.325 e. The van der Waals surface area contributed by atoms with E-state index in [1.165, 1.54) is 0 Å². The summed E-state index contributed by atoms with van der Waals surface area (Å²) in [6.07, 6.45) is 0. The second-order valence-electron chi connectivity index (χ2n) is 2.84. The Labute approximate surface area is 81.1 Å². The van der Waals surface area contributed by atoms with Crippen LogP contribution in [-0.2, 0) is 4.79 Å². The van der Waals surface area contributed by atoms with Gasteiger partial charge in [0.2, 0.25) is 0 Å². The number of nitrogens with two attached hydrogens (primary N) is 1. The molecule has 1 aromatic rings. The summed E-state index contributed by atoms with van der Waals surface area (Å²) >= 11 is 5.79. The Kier molecular flexibility index (Phi) is 2.90. The summed E-state index contributed by atoms with van der Waals surface area (Å²) in [5.74, 6) is -1.08. The first-order valence-electron chi connectivity index (χ1n) is 3.77. The minimum absolute atomic E-state index is 0.389. The van der Waals surface area contributed by atoms with Crippen LogP contribution < -0.4 is 5.73 Å². The van der Waals surface area contributed by atoms with Crippen LogP contribution in [0.5, 0.6) is 0 Å². The van der Waals surface area contributed by atoms with E-state index in [-0.39, 0.29) is 0 Å². The smallest absolute Gasteiger partial charge is 0.325 e. The molecule has 0 spiro atoms. The van der Waals surface area contributed by atoms with Gasteiger partial charge in [-0.1, -0.05) is 29.3 Å². The number of carboxylic acids is 1. The van der Waals surface area contributed by atoms with Crippen molar-refractivity contribution in [2.45, 2.75) is 13.0 Å². The quantitative estimate of drug-likeness (QED) is 0.763. The molecule has 0 amide bonds. The Morgan fingerprint density at radius 3 is 2.77 bits per heavy atom. The Hall–Kier alpha value is -1.06. The Morgan fingerprint density at radius 1 is 1.62 bits per heavy atom. The third kappa shape index (κ3) is 2.20. The summed E-state index contributed by atoms with van der Waals surface area (Å²) in [5, 5.41) is 9.06. The van der Waals surface area contributed by atoms with Gasteiger partial charge in [0, 0.05) is 5.02 Å². The molecule has 0 heterocycles. The molecule has 0 aliphatic carbocycles. The van der Waals surface area contributed by atoms with Crippen LogP contribution in [-0.4, -0.2) is 11.1 Å². The maximum absolute atomic E-state index is 10.6. The van der Waals surface area contributed by atoms with Crippen molar-refractivity contribution < 1.29 is 9.90 Å². The van der Waals surface area contributed by atoms with E-state index in [4.69, 9.17) is 22.4 Å². The predicted molar refractivity (Wildman–Crippen MR) is 50.8 cm³/mol. The van der Waals surface area contributed by atoms with Crippen LogP contribution in [0.25, 0.3) is 0 Å². The minimum atomic E-state index is -1.08. The number of rotatable bonds is 2. The molecule has 0 saturated heterocycles. The highest BCUT2D eigenvalue weighted by Crippen LogP contribution is 2.22. The molecule has 4 heteroatoms. The van der Waals surface area contributed by atoms with E-state index in [0.717, 1.165) is 5.56 Å². The fraction of sp³-hybridized carbons (Fsp3) is 0.222. The van der Waals surface area contributed by atoms with Crippen LogP contribution in [0.3, 0.4) is 0 Å². The number of hydrogen-bond acceptors (Lipinski definition) is 2. The second kappa shape index (κ2) is 3.77. The van der Waals surface area contributed by atoms with Gasteiger partial charge >= 0.3 is 5.97 Å². The molecule has 0 fully saturated rings. The number of carboxylic acid groups (broad SMARTS) is 1. The largest absolute Gasteiger partial charge is 0.480 e. The first kappa shape index (κ1) is 10.0. The molecule has 70 valence electrons. The first-order chi connectivity index (χ1) is 6.02. The highest BCUT2D eigenvalue weighted by molar-refractivity contribution is 6.31. The molecule has 1 rings (SSSR count). The van der Waals surface area contributed by atoms with Crippen molar-refractivity contribution in [3.8, 4) is 0 Å². The van der Waals surface area contributed by atoms with Gasteiger partial charge in [-0.15, -0.1) is 0 Å². The fourth-order valence-corrected chi connectivity index (χ4v) is 1.27. The molecule has 0 radical (unpaired) electrons. The number of carbonyl (C=O) groups is 1. The molecule has 0 unspecified atom stereocenters. The lowest BCUT2D eigenvalue weighted by Crippen LogP contribution is -2.21. The summed E-state index contributed by atoms with van der Waals surface area (Å²) in [6, 6.07) is 4.09. The van der Waals surface area contributed by atoms with Crippen molar-refractivity contribution in [2.75, 3.05) is 0 Å². The molecule has 0 aliphatic heterocycles. The summed E-state index contributed by atoms with van der Waals surface area (Å²) < 4.78 is 0. The molecule has 0 aromatic heterocycles. The van der Waals surface area contributed by atoms with Crippen molar-refractivity contribution in [2.24, 2.45) is 5.73 Å². The number of aliphatic carboxylic acids is 1. The zero-order valence-corrected chi connectivity index (χ0v) is 7.88. The van der Waals surface area contributed by atoms with Gasteiger partial charge < -0.3 is 10.8 Å². The first-order valence-corrected chi connectivity index (χ1v) is 4.14. The molecule has 1 aromatic carbocycles. The lowest BCUT2D eigenvalue weighted by atomic mass is 10.1.